The van der Waals surface area contributed by atoms with Crippen molar-refractivity contribution in [3.63, 3.8) is 0 Å². The second kappa shape index (κ2) is 5.37. The number of benzene rings is 2. The van der Waals surface area contributed by atoms with Gasteiger partial charge in [0.15, 0.2) is 5.82 Å². The molecule has 0 fully saturated rings. The molecule has 6 nitrogen and oxygen atoms in total. The molecule has 2 aliphatic rings. The molecule has 3 heterocycles. The maximum absolute atomic E-state index is 12.7. The van der Waals surface area contributed by atoms with Gasteiger partial charge in [0.05, 0.1) is 5.52 Å². The molecule has 0 spiro atoms. The van der Waals surface area contributed by atoms with Crippen LogP contribution in [0.25, 0.3) is 10.9 Å². The summed E-state index contributed by atoms with van der Waals surface area (Å²) < 4.78 is 0. The number of urea groups is 1. The highest BCUT2D eigenvalue weighted by molar-refractivity contribution is 5.99. The van der Waals surface area contributed by atoms with E-state index < -0.39 is 0 Å². The second-order valence-corrected chi connectivity index (χ2v) is 6.32. The van der Waals surface area contributed by atoms with Crippen molar-refractivity contribution in [2.24, 2.45) is 0 Å². The minimum Gasteiger partial charge on any atom is -0.341 e. The summed E-state index contributed by atoms with van der Waals surface area (Å²) >= 11 is 0. The predicted molar refractivity (Wildman–Crippen MR) is 97.4 cm³/mol. The molecular formula is C19H17N5O. The van der Waals surface area contributed by atoms with Crippen molar-refractivity contribution in [2.75, 3.05) is 23.3 Å². The van der Waals surface area contributed by atoms with E-state index in [-0.39, 0.29) is 6.03 Å². The van der Waals surface area contributed by atoms with Gasteiger partial charge in [-0.15, -0.1) is 0 Å². The monoisotopic (exact) mass is 331 g/mol. The second-order valence-electron chi connectivity index (χ2n) is 6.32. The molecule has 124 valence electrons. The number of hydrogen-bond acceptors (Lipinski definition) is 3. The molecule has 5 rings (SSSR count). The Hall–Kier alpha value is -3.28. The Kier molecular flexibility index (Phi) is 3.03. The van der Waals surface area contributed by atoms with E-state index in [1.54, 1.807) is 4.90 Å². The van der Waals surface area contributed by atoms with E-state index in [0.717, 1.165) is 29.6 Å². The van der Waals surface area contributed by atoms with Crippen LogP contribution in [0.1, 0.15) is 5.56 Å². The molecule has 0 atom stereocenters. The highest BCUT2D eigenvalue weighted by atomic mass is 16.2. The van der Waals surface area contributed by atoms with Crippen molar-refractivity contribution in [1.82, 2.24) is 15.1 Å². The largest absolute Gasteiger partial charge is 0.341 e. The smallest absolute Gasteiger partial charge is 0.327 e. The summed E-state index contributed by atoms with van der Waals surface area (Å²) in [5, 5.41) is 11.0. The maximum atomic E-state index is 12.7. The third-order valence-electron chi connectivity index (χ3n) is 4.83. The van der Waals surface area contributed by atoms with Gasteiger partial charge >= 0.3 is 6.03 Å². The van der Waals surface area contributed by atoms with Crippen LogP contribution in [0.4, 0.5) is 16.3 Å². The number of para-hydroxylation sites is 2. The van der Waals surface area contributed by atoms with Crippen LogP contribution in [0.15, 0.2) is 60.4 Å². The van der Waals surface area contributed by atoms with E-state index in [1.165, 1.54) is 11.3 Å². The summed E-state index contributed by atoms with van der Waals surface area (Å²) in [7, 11) is 0. The zero-order valence-corrected chi connectivity index (χ0v) is 13.6. The Balaban J connectivity index is 1.38. The van der Waals surface area contributed by atoms with Gasteiger partial charge < -0.3 is 4.90 Å². The molecule has 0 bridgehead atoms. The molecule has 2 N–H and O–H groups in total. The van der Waals surface area contributed by atoms with Crippen molar-refractivity contribution in [3.05, 3.63) is 66.0 Å². The molecule has 2 aliphatic heterocycles. The number of nitrogens with one attached hydrogen (secondary N) is 2. The lowest BCUT2D eigenvalue weighted by molar-refractivity contribution is 0.227. The standard InChI is InChI=1S/C19H17N5O/c25-19(20-18-15-6-2-3-7-16(15)21-22-18)23-9-10-24-14(12-23)11-13-5-1-4-8-17(13)24/h1-8,12H,9-11H2,(H2,20,21,22,25). The summed E-state index contributed by atoms with van der Waals surface area (Å²) in [4.78, 5) is 16.7. The number of carbonyl (C=O) groups is 1. The average molecular weight is 331 g/mol. The summed E-state index contributed by atoms with van der Waals surface area (Å²) in [5.41, 5.74) is 4.64. The van der Waals surface area contributed by atoms with Crippen molar-refractivity contribution < 1.29 is 4.79 Å². The van der Waals surface area contributed by atoms with Crippen LogP contribution in [0.2, 0.25) is 0 Å². The molecule has 0 saturated carbocycles. The Morgan fingerprint density at radius 3 is 2.88 bits per heavy atom. The number of rotatable bonds is 1. The zero-order chi connectivity index (χ0) is 16.8. The fourth-order valence-corrected chi connectivity index (χ4v) is 3.59. The Morgan fingerprint density at radius 1 is 1.08 bits per heavy atom. The van der Waals surface area contributed by atoms with Gasteiger partial charge in [-0.05, 0) is 23.8 Å². The molecule has 0 unspecified atom stereocenters. The highest BCUT2D eigenvalue weighted by Crippen LogP contribution is 2.35. The minimum absolute atomic E-state index is 0.152. The first-order chi connectivity index (χ1) is 12.3. The molecule has 2 aromatic carbocycles. The number of hydrogen-bond donors (Lipinski definition) is 2. The summed E-state index contributed by atoms with van der Waals surface area (Å²) in [6.45, 7) is 1.45. The molecule has 0 aliphatic carbocycles. The minimum atomic E-state index is -0.152. The fourth-order valence-electron chi connectivity index (χ4n) is 3.59. The molecule has 6 heteroatoms. The number of carbonyl (C=O) groups excluding carboxylic acids is 1. The van der Waals surface area contributed by atoms with Crippen LogP contribution < -0.4 is 10.2 Å². The fraction of sp³-hybridized carbons (Fsp3) is 0.158. The number of nitrogens with zero attached hydrogens (tertiary/aromatic N) is 3. The number of H-pyrrole nitrogens is 1. The molecular weight excluding hydrogens is 314 g/mol. The average Bonchev–Trinajstić information content (AvgIpc) is 3.22. The summed E-state index contributed by atoms with van der Waals surface area (Å²) in [6.07, 6.45) is 2.82. The Morgan fingerprint density at radius 2 is 1.92 bits per heavy atom. The predicted octanol–water partition coefficient (Wildman–Crippen LogP) is 3.31. The van der Waals surface area contributed by atoms with Crippen LogP contribution >= 0.6 is 0 Å². The van der Waals surface area contributed by atoms with Gasteiger partial charge in [-0.1, -0.05) is 30.3 Å². The molecule has 1 aromatic heterocycles. The first kappa shape index (κ1) is 14.1. The molecule has 0 radical (unpaired) electrons. The van der Waals surface area contributed by atoms with E-state index in [4.69, 9.17) is 0 Å². The van der Waals surface area contributed by atoms with Gasteiger partial charge in [-0.25, -0.2) is 4.79 Å². The molecule has 2 amide bonds. The van der Waals surface area contributed by atoms with Crippen LogP contribution in [0.5, 0.6) is 0 Å². The maximum Gasteiger partial charge on any atom is 0.327 e. The number of fused-ring (bicyclic) bond motifs is 4. The number of amides is 2. The number of anilines is 2. The Labute approximate surface area is 144 Å². The number of aromatic nitrogens is 2. The van der Waals surface area contributed by atoms with E-state index in [9.17, 15) is 4.79 Å². The van der Waals surface area contributed by atoms with E-state index >= 15 is 0 Å². The number of aromatic amines is 1. The lowest BCUT2D eigenvalue weighted by Crippen LogP contribution is -2.41. The van der Waals surface area contributed by atoms with Gasteiger partial charge in [0, 0.05) is 42.5 Å². The van der Waals surface area contributed by atoms with Gasteiger partial charge in [0.2, 0.25) is 0 Å². The topological polar surface area (TPSA) is 64.3 Å². The highest BCUT2D eigenvalue weighted by Gasteiger charge is 2.29. The third-order valence-corrected chi connectivity index (χ3v) is 4.83. The van der Waals surface area contributed by atoms with Gasteiger partial charge in [-0.2, -0.15) is 5.10 Å². The van der Waals surface area contributed by atoms with E-state index in [1.807, 2.05) is 30.5 Å². The first-order valence-corrected chi connectivity index (χ1v) is 8.36. The van der Waals surface area contributed by atoms with Gasteiger partial charge in [0.25, 0.3) is 0 Å². The van der Waals surface area contributed by atoms with E-state index in [0.29, 0.717) is 12.4 Å². The molecule has 25 heavy (non-hydrogen) atoms. The lowest BCUT2D eigenvalue weighted by Gasteiger charge is -2.31. The van der Waals surface area contributed by atoms with Gasteiger partial charge in [0.1, 0.15) is 0 Å². The SMILES string of the molecule is O=C(Nc1n[nH]c2ccccc12)N1C=C2Cc3ccccc3N2CC1. The van der Waals surface area contributed by atoms with Crippen LogP contribution in [0, 0.1) is 0 Å². The van der Waals surface area contributed by atoms with Crippen molar-refractivity contribution in [1.29, 1.82) is 0 Å². The third kappa shape index (κ3) is 2.26. The summed E-state index contributed by atoms with van der Waals surface area (Å²) in [6, 6.07) is 16.0. The first-order valence-electron chi connectivity index (χ1n) is 8.36. The number of allylic oxidation sites excluding steroid dienone is 1. The van der Waals surface area contributed by atoms with Crippen molar-refractivity contribution in [3.8, 4) is 0 Å². The summed E-state index contributed by atoms with van der Waals surface area (Å²) in [5.74, 6) is 0.566. The van der Waals surface area contributed by atoms with Crippen LogP contribution in [-0.2, 0) is 6.42 Å². The Bertz CT molecular complexity index is 1010. The van der Waals surface area contributed by atoms with Crippen LogP contribution in [0.3, 0.4) is 0 Å². The van der Waals surface area contributed by atoms with E-state index in [2.05, 4.69) is 44.7 Å². The quantitative estimate of drug-likeness (QED) is 0.719. The van der Waals surface area contributed by atoms with Crippen LogP contribution in [-0.4, -0.2) is 34.2 Å². The molecule has 3 aromatic rings. The lowest BCUT2D eigenvalue weighted by atomic mass is 10.1. The zero-order valence-electron chi connectivity index (χ0n) is 13.6. The molecule has 0 saturated heterocycles. The van der Waals surface area contributed by atoms with Crippen molar-refractivity contribution in [2.45, 2.75) is 6.42 Å². The van der Waals surface area contributed by atoms with Crippen molar-refractivity contribution >= 4 is 28.4 Å². The normalized spacial score (nSPS) is 15.8. The van der Waals surface area contributed by atoms with Gasteiger partial charge in [-0.3, -0.25) is 15.3 Å².